The van der Waals surface area contributed by atoms with Crippen LogP contribution in [0.1, 0.15) is 31.8 Å². The standard InChI is InChI=1S/C15H10Cl3N3O2S.C15H12ClN3O2S.Cl2O2S/c1-6-3-8(23-2)10(17)12(9(6)16)21-15(22)7-4-24-13-11(7)19-5-20-14(13)18;1-8-3-9(5-10(4-8)21-2)19-15(20)11-6-22-13-12(11)17-7-18-14(13)16;1-5(2,3)4/h3-5H,1-2H3,(H,21,22);3-7H,1-2H3,(H,19,20);. The maximum absolute atomic E-state index is 12.6. The van der Waals surface area contributed by atoms with Crippen molar-refractivity contribution < 1.29 is 27.5 Å². The van der Waals surface area contributed by atoms with Crippen LogP contribution >= 0.6 is 90.4 Å². The Hall–Kier alpha value is -3.25. The number of thiophene rings is 2. The highest BCUT2D eigenvalue weighted by molar-refractivity contribution is 8.31. The molecular weight excluding hydrogens is 849 g/mol. The van der Waals surface area contributed by atoms with Crippen LogP contribution in [0.25, 0.3) is 20.4 Å². The van der Waals surface area contributed by atoms with Crippen molar-refractivity contribution >= 4 is 142 Å². The lowest BCUT2D eigenvalue weighted by atomic mass is 10.2. The minimum atomic E-state index is -3.72. The molecule has 0 aliphatic heterocycles. The number of nitrogens with one attached hydrogen (secondary N) is 2. The quantitative estimate of drug-likeness (QED) is 0.122. The van der Waals surface area contributed by atoms with Gasteiger partial charge in [0.25, 0.3) is 11.8 Å². The van der Waals surface area contributed by atoms with Gasteiger partial charge in [0.2, 0.25) is 0 Å². The van der Waals surface area contributed by atoms with E-state index >= 15 is 0 Å². The van der Waals surface area contributed by atoms with E-state index in [1.807, 2.05) is 19.1 Å². The highest BCUT2D eigenvalue weighted by Crippen LogP contribution is 2.41. The van der Waals surface area contributed by atoms with Gasteiger partial charge in [0.1, 0.15) is 39.5 Å². The molecule has 21 heteroatoms. The van der Waals surface area contributed by atoms with Crippen LogP contribution in [0, 0.1) is 13.8 Å². The Kier molecular flexibility index (Phi) is 13.9. The average Bonchev–Trinajstić information content (AvgIpc) is 3.71. The van der Waals surface area contributed by atoms with E-state index in [1.54, 1.807) is 36.9 Å². The molecule has 0 saturated heterocycles. The molecule has 12 nitrogen and oxygen atoms in total. The summed E-state index contributed by atoms with van der Waals surface area (Å²) in [5.74, 6) is 0.478. The zero-order chi connectivity index (χ0) is 37.6. The minimum Gasteiger partial charge on any atom is -0.497 e. The second kappa shape index (κ2) is 17.5. The van der Waals surface area contributed by atoms with Gasteiger partial charge in [-0.3, -0.25) is 9.59 Å². The number of halogens is 6. The predicted molar refractivity (Wildman–Crippen MR) is 207 cm³/mol. The van der Waals surface area contributed by atoms with Crippen LogP contribution in [-0.4, -0.2) is 54.4 Å². The van der Waals surface area contributed by atoms with Crippen molar-refractivity contribution in [3.63, 3.8) is 0 Å². The van der Waals surface area contributed by atoms with E-state index in [0.29, 0.717) is 69.8 Å². The second-order valence-corrected chi connectivity index (χ2v) is 16.8. The molecule has 0 radical (unpaired) electrons. The summed E-state index contributed by atoms with van der Waals surface area (Å²) in [5, 5.41) is 10.2. The van der Waals surface area contributed by atoms with Gasteiger partial charge in [-0.2, -0.15) is 8.42 Å². The molecule has 0 bridgehead atoms. The first-order valence-corrected chi connectivity index (χ1v) is 20.1. The van der Waals surface area contributed by atoms with Crippen LogP contribution < -0.4 is 20.1 Å². The monoisotopic (exact) mass is 868 g/mol. The van der Waals surface area contributed by atoms with Gasteiger partial charge in [-0.1, -0.05) is 46.4 Å². The fourth-order valence-corrected chi connectivity index (χ4v) is 7.09. The van der Waals surface area contributed by atoms with Crippen LogP contribution in [0.3, 0.4) is 0 Å². The lowest BCUT2D eigenvalue weighted by Gasteiger charge is -2.14. The van der Waals surface area contributed by atoms with Crippen molar-refractivity contribution in [3.8, 4) is 11.5 Å². The smallest absolute Gasteiger partial charge is 0.317 e. The predicted octanol–water partition coefficient (Wildman–Crippen LogP) is 9.84. The zero-order valence-corrected chi connectivity index (χ0v) is 33.3. The molecule has 0 spiro atoms. The second-order valence-electron chi connectivity index (χ2n) is 9.91. The Morgan fingerprint density at radius 2 is 1.24 bits per heavy atom. The average molecular weight is 871 g/mol. The summed E-state index contributed by atoms with van der Waals surface area (Å²) in [6.07, 6.45) is 2.66. The molecule has 0 aliphatic rings. The van der Waals surface area contributed by atoms with Crippen molar-refractivity contribution in [1.82, 2.24) is 19.9 Å². The summed E-state index contributed by atoms with van der Waals surface area (Å²) in [6.45, 7) is 3.73. The summed E-state index contributed by atoms with van der Waals surface area (Å²) >= 11 is 27.2. The number of rotatable bonds is 6. The summed E-state index contributed by atoms with van der Waals surface area (Å²) < 4.78 is 30.1. The highest BCUT2D eigenvalue weighted by Gasteiger charge is 2.21. The third-order valence-corrected chi connectivity index (χ3v) is 10.1. The van der Waals surface area contributed by atoms with Crippen LogP contribution in [0.15, 0.2) is 47.7 Å². The number of carbonyl (C=O) groups excluding carboxylic acids is 2. The highest BCUT2D eigenvalue weighted by atomic mass is 36.0. The molecule has 0 fully saturated rings. The van der Waals surface area contributed by atoms with Crippen molar-refractivity contribution in [1.29, 1.82) is 0 Å². The zero-order valence-electron chi connectivity index (χ0n) is 26.3. The molecule has 0 saturated carbocycles. The number of aryl methyl sites for hydroxylation is 2. The number of anilines is 2. The van der Waals surface area contributed by atoms with Crippen molar-refractivity contribution in [2.24, 2.45) is 0 Å². The number of hydrogen-bond acceptors (Lipinski definition) is 12. The number of nitrogens with zero attached hydrogens (tertiary/aromatic N) is 4. The van der Waals surface area contributed by atoms with Crippen LogP contribution in [0.4, 0.5) is 11.4 Å². The van der Waals surface area contributed by atoms with Crippen LogP contribution in [0.2, 0.25) is 20.4 Å². The van der Waals surface area contributed by atoms with E-state index in [9.17, 15) is 9.59 Å². The topological polar surface area (TPSA) is 162 Å². The number of methoxy groups -OCH3 is 2. The molecule has 0 aliphatic carbocycles. The molecule has 4 aromatic heterocycles. The number of aromatic nitrogens is 4. The van der Waals surface area contributed by atoms with Gasteiger partial charge in [-0.15, -0.1) is 22.7 Å². The molecule has 2 N–H and O–H groups in total. The number of fused-ring (bicyclic) bond motifs is 2. The summed E-state index contributed by atoms with van der Waals surface area (Å²) in [5.41, 5.74) is 4.56. The summed E-state index contributed by atoms with van der Waals surface area (Å²) in [6, 6.07) is 7.23. The first kappa shape index (κ1) is 40.5. The first-order valence-electron chi connectivity index (χ1n) is 13.7. The lowest BCUT2D eigenvalue weighted by molar-refractivity contribution is 0.102. The number of benzene rings is 2. The van der Waals surface area contributed by atoms with E-state index in [1.165, 1.54) is 42.4 Å². The molecule has 6 aromatic rings. The number of amides is 2. The Balaban J connectivity index is 0.000000203. The van der Waals surface area contributed by atoms with E-state index in [-0.39, 0.29) is 10.9 Å². The molecule has 0 unspecified atom stereocenters. The maximum atomic E-state index is 12.6. The summed E-state index contributed by atoms with van der Waals surface area (Å²) in [4.78, 5) is 41.2. The van der Waals surface area contributed by atoms with E-state index in [0.717, 1.165) is 11.1 Å². The van der Waals surface area contributed by atoms with Gasteiger partial charge in [0.15, 0.2) is 0 Å². The van der Waals surface area contributed by atoms with Crippen molar-refractivity contribution in [3.05, 3.63) is 90.3 Å². The maximum Gasteiger partial charge on any atom is 0.317 e. The lowest BCUT2D eigenvalue weighted by Crippen LogP contribution is -2.13. The molecule has 0 atom stereocenters. The minimum absolute atomic E-state index is 0.230. The van der Waals surface area contributed by atoms with Gasteiger partial charge in [-0.25, -0.2) is 19.9 Å². The molecule has 268 valence electrons. The van der Waals surface area contributed by atoms with E-state index < -0.39 is 14.2 Å². The Morgan fingerprint density at radius 1 is 0.725 bits per heavy atom. The van der Waals surface area contributed by atoms with E-state index in [2.05, 4.69) is 51.9 Å². The fraction of sp³-hybridized carbons (Fsp3) is 0.133. The molecule has 51 heavy (non-hydrogen) atoms. The normalized spacial score (nSPS) is 10.9. The van der Waals surface area contributed by atoms with Gasteiger partial charge < -0.3 is 20.1 Å². The van der Waals surface area contributed by atoms with Crippen LogP contribution in [0.5, 0.6) is 11.5 Å². The number of hydrogen-bond donors (Lipinski definition) is 2. The SMILES string of the molecule is COc1cc(C)c(Cl)c(NC(=O)c2csc3c(Cl)ncnc23)c1Cl.COc1cc(C)cc(NC(=O)c2csc3c(Cl)ncnc23)c1.O=S(=O)(Cl)Cl. The van der Waals surface area contributed by atoms with Gasteiger partial charge in [0, 0.05) is 43.9 Å². The Labute approximate surface area is 327 Å². The Morgan fingerprint density at radius 3 is 1.73 bits per heavy atom. The van der Waals surface area contributed by atoms with Gasteiger partial charge >= 0.3 is 8.26 Å². The molecular formula is C30H22Cl6N6O6S3. The van der Waals surface area contributed by atoms with Gasteiger partial charge in [-0.05, 0) is 43.2 Å². The molecule has 4 heterocycles. The number of ether oxygens (including phenoxy) is 2. The third-order valence-electron chi connectivity index (χ3n) is 6.46. The third kappa shape index (κ3) is 10.4. The summed E-state index contributed by atoms with van der Waals surface area (Å²) in [7, 11) is 7.89. The van der Waals surface area contributed by atoms with E-state index in [4.69, 9.17) is 64.3 Å². The largest absolute Gasteiger partial charge is 0.497 e. The van der Waals surface area contributed by atoms with Crippen molar-refractivity contribution in [2.75, 3.05) is 24.9 Å². The fourth-order valence-electron chi connectivity index (χ4n) is 4.28. The number of carbonyl (C=O) groups is 2. The van der Waals surface area contributed by atoms with Crippen molar-refractivity contribution in [2.45, 2.75) is 13.8 Å². The van der Waals surface area contributed by atoms with Gasteiger partial charge in [0.05, 0.1) is 56.5 Å². The Bertz CT molecular complexity index is 2370. The molecule has 2 amide bonds. The molecule has 2 aromatic carbocycles. The molecule has 6 rings (SSSR count). The van der Waals surface area contributed by atoms with Crippen LogP contribution in [-0.2, 0) is 8.26 Å². The first-order chi connectivity index (χ1) is 24.0.